The zero-order valence-electron chi connectivity index (χ0n) is 8.90. The summed E-state index contributed by atoms with van der Waals surface area (Å²) in [7, 11) is 0. The van der Waals surface area contributed by atoms with E-state index in [1.165, 1.54) is 6.07 Å². The molecule has 4 heteroatoms. The van der Waals surface area contributed by atoms with Crippen LogP contribution >= 0.6 is 15.9 Å². The number of hydrogen-bond donors (Lipinski definition) is 1. The lowest BCUT2D eigenvalue weighted by Crippen LogP contribution is -2.27. The lowest BCUT2D eigenvalue weighted by molar-refractivity contribution is 0.0967. The highest BCUT2D eigenvalue weighted by Crippen LogP contribution is 2.27. The van der Waals surface area contributed by atoms with Crippen LogP contribution < -0.4 is 5.73 Å². The fourth-order valence-electron chi connectivity index (χ4n) is 1.35. The van der Waals surface area contributed by atoms with Crippen molar-refractivity contribution in [2.45, 2.75) is 26.8 Å². The highest BCUT2D eigenvalue weighted by Gasteiger charge is 2.18. The Morgan fingerprint density at radius 1 is 1.47 bits per heavy atom. The fraction of sp³-hybridized carbons (Fsp3) is 0.364. The Morgan fingerprint density at radius 3 is 2.47 bits per heavy atom. The number of hydrogen-bond acceptors (Lipinski definition) is 2. The van der Waals surface area contributed by atoms with E-state index in [-0.39, 0.29) is 5.78 Å². The molecule has 0 saturated heterocycles. The first-order chi connectivity index (χ1) is 6.86. The molecular weight excluding hydrogens is 261 g/mol. The average Bonchev–Trinajstić information content (AvgIpc) is 2.19. The minimum atomic E-state index is -0.613. The number of ketones is 1. The molecule has 2 nitrogen and oxygen atoms in total. The molecule has 15 heavy (non-hydrogen) atoms. The molecule has 0 heterocycles. The van der Waals surface area contributed by atoms with Crippen molar-refractivity contribution < 1.29 is 9.18 Å². The van der Waals surface area contributed by atoms with Gasteiger partial charge in [0, 0.05) is 10.0 Å². The van der Waals surface area contributed by atoms with Crippen LogP contribution in [-0.2, 0) is 0 Å². The summed E-state index contributed by atoms with van der Waals surface area (Å²) in [4.78, 5) is 11.7. The maximum absolute atomic E-state index is 13.4. The predicted molar refractivity (Wildman–Crippen MR) is 61.6 cm³/mol. The van der Waals surface area contributed by atoms with Gasteiger partial charge in [-0.05, 0) is 38.0 Å². The van der Waals surface area contributed by atoms with Crippen LogP contribution in [0.5, 0.6) is 0 Å². The van der Waals surface area contributed by atoms with Crippen LogP contribution in [0.1, 0.15) is 28.4 Å². The first-order valence-corrected chi connectivity index (χ1v) is 5.40. The summed E-state index contributed by atoms with van der Waals surface area (Å²) in [6.45, 7) is 5.02. The molecule has 0 spiro atoms. The van der Waals surface area contributed by atoms with Gasteiger partial charge in [0.25, 0.3) is 0 Å². The van der Waals surface area contributed by atoms with Crippen molar-refractivity contribution in [1.29, 1.82) is 0 Å². The maximum atomic E-state index is 13.4. The van der Waals surface area contributed by atoms with Gasteiger partial charge in [-0.25, -0.2) is 4.39 Å². The molecule has 0 aliphatic heterocycles. The SMILES string of the molecule is Cc1c(F)cc(C(=O)C(C)N)c(C)c1Br. The molecule has 1 aromatic rings. The van der Waals surface area contributed by atoms with Crippen molar-refractivity contribution in [2.24, 2.45) is 5.73 Å². The van der Waals surface area contributed by atoms with Gasteiger partial charge in [0.1, 0.15) is 5.82 Å². The molecule has 0 aliphatic carbocycles. The molecule has 0 aliphatic rings. The molecule has 0 aromatic heterocycles. The monoisotopic (exact) mass is 273 g/mol. The second-order valence-corrected chi connectivity index (χ2v) is 4.42. The van der Waals surface area contributed by atoms with E-state index in [9.17, 15) is 9.18 Å². The smallest absolute Gasteiger partial charge is 0.179 e. The first-order valence-electron chi connectivity index (χ1n) is 4.61. The van der Waals surface area contributed by atoms with Gasteiger partial charge < -0.3 is 5.73 Å². The van der Waals surface area contributed by atoms with Gasteiger partial charge in [0.05, 0.1) is 6.04 Å². The Balaban J connectivity index is 3.39. The summed E-state index contributed by atoms with van der Waals surface area (Å²) in [5.74, 6) is -0.636. The molecular formula is C11H13BrFNO. The highest BCUT2D eigenvalue weighted by atomic mass is 79.9. The van der Waals surface area contributed by atoms with E-state index in [0.717, 1.165) is 5.56 Å². The molecule has 0 saturated carbocycles. The Bertz CT molecular complexity index is 416. The zero-order valence-corrected chi connectivity index (χ0v) is 10.5. The number of nitrogens with two attached hydrogens (primary N) is 1. The van der Waals surface area contributed by atoms with Crippen molar-refractivity contribution in [3.63, 3.8) is 0 Å². The van der Waals surface area contributed by atoms with E-state index in [1.807, 2.05) is 0 Å². The standard InChI is InChI=1S/C11H13BrFNO/c1-5-8(11(15)7(3)14)4-9(13)6(2)10(5)12/h4,7H,14H2,1-3H3. The van der Waals surface area contributed by atoms with Crippen LogP contribution in [0.4, 0.5) is 4.39 Å². The van der Waals surface area contributed by atoms with E-state index in [4.69, 9.17) is 5.73 Å². The van der Waals surface area contributed by atoms with Crippen molar-refractivity contribution in [1.82, 2.24) is 0 Å². The van der Waals surface area contributed by atoms with E-state index in [0.29, 0.717) is 15.6 Å². The van der Waals surface area contributed by atoms with Crippen molar-refractivity contribution in [3.8, 4) is 0 Å². The molecule has 2 N–H and O–H groups in total. The molecule has 0 fully saturated rings. The zero-order chi connectivity index (χ0) is 11.7. The Labute approximate surface area is 96.8 Å². The topological polar surface area (TPSA) is 43.1 Å². The number of carbonyl (C=O) groups is 1. The van der Waals surface area contributed by atoms with E-state index in [1.54, 1.807) is 20.8 Å². The summed E-state index contributed by atoms with van der Waals surface area (Å²) in [5, 5.41) is 0. The average molecular weight is 274 g/mol. The minimum Gasteiger partial charge on any atom is -0.321 e. The first kappa shape index (κ1) is 12.3. The van der Waals surface area contributed by atoms with Gasteiger partial charge in [0.2, 0.25) is 0 Å². The molecule has 1 aromatic carbocycles. The van der Waals surface area contributed by atoms with Gasteiger partial charge in [0.15, 0.2) is 5.78 Å². The summed E-state index contributed by atoms with van der Waals surface area (Å²) in [6, 6.07) is 0.638. The predicted octanol–water partition coefficient (Wildman–Crippen LogP) is 2.73. The number of carbonyl (C=O) groups excluding carboxylic acids is 1. The van der Waals surface area contributed by atoms with Gasteiger partial charge in [-0.3, -0.25) is 4.79 Å². The second kappa shape index (κ2) is 4.41. The molecule has 82 valence electrons. The lowest BCUT2D eigenvalue weighted by atomic mass is 9.98. The summed E-state index contributed by atoms with van der Waals surface area (Å²) < 4.78 is 14.1. The number of benzene rings is 1. The highest BCUT2D eigenvalue weighted by molar-refractivity contribution is 9.10. The van der Waals surface area contributed by atoms with Crippen molar-refractivity contribution in [2.75, 3.05) is 0 Å². The van der Waals surface area contributed by atoms with Gasteiger partial charge in [-0.15, -0.1) is 0 Å². The minimum absolute atomic E-state index is 0.243. The van der Waals surface area contributed by atoms with Crippen LogP contribution in [0.2, 0.25) is 0 Å². The molecule has 1 rings (SSSR count). The lowest BCUT2D eigenvalue weighted by Gasteiger charge is -2.12. The van der Waals surface area contributed by atoms with Crippen LogP contribution in [0.15, 0.2) is 10.5 Å². The summed E-state index contributed by atoms with van der Waals surface area (Å²) >= 11 is 3.27. The van der Waals surface area contributed by atoms with Crippen LogP contribution in [0, 0.1) is 19.7 Å². The number of halogens is 2. The van der Waals surface area contributed by atoms with E-state index in [2.05, 4.69) is 15.9 Å². The molecule has 0 bridgehead atoms. The Hall–Kier alpha value is -0.740. The fourth-order valence-corrected chi connectivity index (χ4v) is 1.75. The molecule has 1 atom stereocenters. The molecule has 0 amide bonds. The quantitative estimate of drug-likeness (QED) is 0.843. The third-order valence-electron chi connectivity index (χ3n) is 2.37. The van der Waals surface area contributed by atoms with Crippen molar-refractivity contribution >= 4 is 21.7 Å². The maximum Gasteiger partial charge on any atom is 0.179 e. The summed E-state index contributed by atoms with van der Waals surface area (Å²) in [5.41, 5.74) is 7.08. The van der Waals surface area contributed by atoms with Gasteiger partial charge >= 0.3 is 0 Å². The third-order valence-corrected chi connectivity index (χ3v) is 3.56. The Morgan fingerprint density at radius 2 is 2.00 bits per heavy atom. The number of rotatable bonds is 2. The van der Waals surface area contributed by atoms with Gasteiger partial charge in [-0.1, -0.05) is 15.9 Å². The van der Waals surface area contributed by atoms with Crippen LogP contribution in [0.3, 0.4) is 0 Å². The number of Topliss-reactive ketones (excluding diaryl/α,β-unsaturated/α-hetero) is 1. The largest absolute Gasteiger partial charge is 0.321 e. The summed E-state index contributed by atoms with van der Waals surface area (Å²) in [6.07, 6.45) is 0. The molecule has 0 radical (unpaired) electrons. The van der Waals surface area contributed by atoms with E-state index >= 15 is 0 Å². The van der Waals surface area contributed by atoms with E-state index < -0.39 is 11.9 Å². The van der Waals surface area contributed by atoms with Gasteiger partial charge in [-0.2, -0.15) is 0 Å². The van der Waals surface area contributed by atoms with Crippen LogP contribution in [0.25, 0.3) is 0 Å². The van der Waals surface area contributed by atoms with Crippen LogP contribution in [-0.4, -0.2) is 11.8 Å². The molecule has 1 unspecified atom stereocenters. The normalized spacial score (nSPS) is 12.7. The van der Waals surface area contributed by atoms with Crippen molar-refractivity contribution in [3.05, 3.63) is 33.0 Å². The Kier molecular flexibility index (Phi) is 3.62. The second-order valence-electron chi connectivity index (χ2n) is 3.62. The third kappa shape index (κ3) is 2.26.